The lowest BCUT2D eigenvalue weighted by Crippen LogP contribution is -2.29. The minimum absolute atomic E-state index is 0.437. The van der Waals surface area contributed by atoms with Crippen LogP contribution in [0.2, 0.25) is 0 Å². The first kappa shape index (κ1) is 15.5. The molecule has 114 valence electrons. The number of rotatable bonds is 8. The summed E-state index contributed by atoms with van der Waals surface area (Å²) in [5.41, 5.74) is 1.97. The van der Waals surface area contributed by atoms with E-state index >= 15 is 0 Å². The molecule has 1 aromatic rings. The normalized spacial score (nSPS) is 13.2. The number of ether oxygens (including phenoxy) is 2. The summed E-state index contributed by atoms with van der Waals surface area (Å²) in [6, 6.07) is 5.39. The molecular weight excluding hydrogens is 272 g/mol. The Bertz CT molecular complexity index is 530. The van der Waals surface area contributed by atoms with Crippen LogP contribution in [0.3, 0.4) is 0 Å². The summed E-state index contributed by atoms with van der Waals surface area (Å²) in [5.74, 6) is -1.04. The number of Topliss-reactive ketones (excluding diaryl/α,β-unsaturated/α-hetero) is 1. The van der Waals surface area contributed by atoms with Gasteiger partial charge < -0.3 is 19.7 Å². The number of carbonyl (C=O) groups is 2. The predicted molar refractivity (Wildman–Crippen MR) is 80.0 cm³/mol. The molecule has 1 aromatic carbocycles. The zero-order valence-corrected chi connectivity index (χ0v) is 12.3. The molecule has 1 aliphatic heterocycles. The maximum absolute atomic E-state index is 11.6. The van der Waals surface area contributed by atoms with Crippen LogP contribution in [0.25, 0.3) is 0 Å². The number of methoxy groups -OCH3 is 2. The van der Waals surface area contributed by atoms with Gasteiger partial charge in [-0.3, -0.25) is 9.59 Å². The van der Waals surface area contributed by atoms with Crippen molar-refractivity contribution >= 4 is 23.1 Å². The molecule has 0 radical (unpaired) electrons. The molecule has 0 saturated carbocycles. The maximum atomic E-state index is 11.6. The SMILES string of the molecule is COCCCN(CCOC)c1ccc2c(c1)NC(=O)C2=O. The minimum Gasteiger partial charge on any atom is -0.385 e. The molecule has 0 atom stereocenters. The molecule has 0 aliphatic carbocycles. The Hall–Kier alpha value is -1.92. The summed E-state index contributed by atoms with van der Waals surface area (Å²) in [4.78, 5) is 25.1. The monoisotopic (exact) mass is 292 g/mol. The lowest BCUT2D eigenvalue weighted by atomic mass is 10.1. The van der Waals surface area contributed by atoms with Crippen molar-refractivity contribution in [2.24, 2.45) is 0 Å². The highest BCUT2D eigenvalue weighted by Crippen LogP contribution is 2.28. The largest absolute Gasteiger partial charge is 0.385 e. The van der Waals surface area contributed by atoms with E-state index in [0.29, 0.717) is 24.5 Å². The number of anilines is 2. The van der Waals surface area contributed by atoms with Crippen LogP contribution in [-0.4, -0.2) is 52.2 Å². The van der Waals surface area contributed by atoms with E-state index < -0.39 is 11.7 Å². The van der Waals surface area contributed by atoms with Gasteiger partial charge >= 0.3 is 0 Å². The van der Waals surface area contributed by atoms with E-state index in [2.05, 4.69) is 10.2 Å². The number of hydrogen-bond donors (Lipinski definition) is 1. The van der Waals surface area contributed by atoms with Gasteiger partial charge in [-0.15, -0.1) is 0 Å². The summed E-state index contributed by atoms with van der Waals surface area (Å²) in [7, 11) is 3.34. The fourth-order valence-corrected chi connectivity index (χ4v) is 2.30. The van der Waals surface area contributed by atoms with Gasteiger partial charge in [-0.2, -0.15) is 0 Å². The van der Waals surface area contributed by atoms with E-state index in [-0.39, 0.29) is 0 Å². The second-order valence-corrected chi connectivity index (χ2v) is 4.84. The highest BCUT2D eigenvalue weighted by molar-refractivity contribution is 6.51. The van der Waals surface area contributed by atoms with Crippen LogP contribution in [0.15, 0.2) is 18.2 Å². The van der Waals surface area contributed by atoms with Crippen molar-refractivity contribution in [1.29, 1.82) is 0 Å². The molecule has 0 aromatic heterocycles. The number of ketones is 1. The fraction of sp³-hybridized carbons (Fsp3) is 0.467. The number of nitrogens with one attached hydrogen (secondary N) is 1. The Morgan fingerprint density at radius 2 is 1.86 bits per heavy atom. The summed E-state index contributed by atoms with van der Waals surface area (Å²) < 4.78 is 10.2. The Balaban J connectivity index is 2.14. The second-order valence-electron chi connectivity index (χ2n) is 4.84. The Kier molecular flexibility index (Phi) is 5.30. The van der Waals surface area contributed by atoms with Gasteiger partial charge in [0.05, 0.1) is 17.9 Å². The van der Waals surface area contributed by atoms with Crippen LogP contribution >= 0.6 is 0 Å². The van der Waals surface area contributed by atoms with Gasteiger partial charge in [0.2, 0.25) is 0 Å². The van der Waals surface area contributed by atoms with Gasteiger partial charge in [0.1, 0.15) is 0 Å². The molecule has 6 nitrogen and oxygen atoms in total. The van der Waals surface area contributed by atoms with Crippen molar-refractivity contribution in [2.45, 2.75) is 6.42 Å². The van der Waals surface area contributed by atoms with Crippen molar-refractivity contribution in [3.05, 3.63) is 23.8 Å². The van der Waals surface area contributed by atoms with Crippen LogP contribution in [0.1, 0.15) is 16.8 Å². The zero-order chi connectivity index (χ0) is 15.2. The van der Waals surface area contributed by atoms with Gasteiger partial charge in [-0.1, -0.05) is 0 Å². The molecule has 6 heteroatoms. The number of benzene rings is 1. The smallest absolute Gasteiger partial charge is 0.296 e. The van der Waals surface area contributed by atoms with E-state index in [1.54, 1.807) is 20.3 Å². The average Bonchev–Trinajstić information content (AvgIpc) is 2.77. The fourth-order valence-electron chi connectivity index (χ4n) is 2.30. The van der Waals surface area contributed by atoms with Gasteiger partial charge in [0.25, 0.3) is 11.7 Å². The molecule has 21 heavy (non-hydrogen) atoms. The number of hydrogen-bond acceptors (Lipinski definition) is 5. The Morgan fingerprint density at radius 1 is 1.10 bits per heavy atom. The van der Waals surface area contributed by atoms with Crippen LogP contribution in [-0.2, 0) is 14.3 Å². The molecular formula is C15H20N2O4. The first-order valence-electron chi connectivity index (χ1n) is 6.90. The molecule has 2 rings (SSSR count). The summed E-state index contributed by atoms with van der Waals surface area (Å²) >= 11 is 0. The second kappa shape index (κ2) is 7.19. The topological polar surface area (TPSA) is 67.9 Å². The number of carbonyl (C=O) groups excluding carboxylic acids is 2. The third-order valence-electron chi connectivity index (χ3n) is 3.41. The molecule has 0 unspecified atom stereocenters. The standard InChI is InChI=1S/C15H20N2O4/c1-20-8-3-6-17(7-9-21-2)11-4-5-12-13(10-11)16-15(19)14(12)18/h4-5,10H,3,6-9H2,1-2H3,(H,16,18,19). The maximum Gasteiger partial charge on any atom is 0.296 e. The van der Waals surface area contributed by atoms with Gasteiger partial charge in [-0.05, 0) is 24.6 Å². The highest BCUT2D eigenvalue weighted by atomic mass is 16.5. The molecule has 0 saturated heterocycles. The summed E-state index contributed by atoms with van der Waals surface area (Å²) in [5, 5.41) is 2.59. The van der Waals surface area contributed by atoms with E-state index in [1.807, 2.05) is 12.1 Å². The van der Waals surface area contributed by atoms with Gasteiger partial charge in [0.15, 0.2) is 0 Å². The van der Waals surface area contributed by atoms with Crippen LogP contribution in [0.4, 0.5) is 11.4 Å². The molecule has 1 aliphatic rings. The molecule has 0 bridgehead atoms. The minimum atomic E-state index is -0.565. The van der Waals surface area contributed by atoms with E-state index in [9.17, 15) is 9.59 Å². The van der Waals surface area contributed by atoms with Crippen molar-refractivity contribution in [3.63, 3.8) is 0 Å². The average molecular weight is 292 g/mol. The molecule has 1 amide bonds. The summed E-state index contributed by atoms with van der Waals surface area (Å²) in [6.45, 7) is 2.85. The van der Waals surface area contributed by atoms with Crippen LogP contribution < -0.4 is 10.2 Å². The van der Waals surface area contributed by atoms with E-state index in [0.717, 1.165) is 25.2 Å². The number of nitrogens with zero attached hydrogens (tertiary/aromatic N) is 1. The van der Waals surface area contributed by atoms with Gasteiger partial charge in [0, 0.05) is 39.6 Å². The third-order valence-corrected chi connectivity index (χ3v) is 3.41. The lowest BCUT2D eigenvalue weighted by molar-refractivity contribution is -0.112. The first-order valence-corrected chi connectivity index (χ1v) is 6.90. The number of fused-ring (bicyclic) bond motifs is 1. The molecule has 1 heterocycles. The highest BCUT2D eigenvalue weighted by Gasteiger charge is 2.28. The number of amides is 1. The lowest BCUT2D eigenvalue weighted by Gasteiger charge is -2.25. The first-order chi connectivity index (χ1) is 10.2. The molecule has 0 fully saturated rings. The van der Waals surface area contributed by atoms with Crippen molar-refractivity contribution in [1.82, 2.24) is 0 Å². The van der Waals surface area contributed by atoms with Crippen molar-refractivity contribution < 1.29 is 19.1 Å². The molecule has 1 N–H and O–H groups in total. The van der Waals surface area contributed by atoms with E-state index in [4.69, 9.17) is 9.47 Å². The quantitative estimate of drug-likeness (QED) is 0.578. The van der Waals surface area contributed by atoms with Crippen molar-refractivity contribution in [2.75, 3.05) is 50.7 Å². The van der Waals surface area contributed by atoms with Crippen LogP contribution in [0, 0.1) is 0 Å². The zero-order valence-electron chi connectivity index (χ0n) is 12.3. The Morgan fingerprint density at radius 3 is 2.57 bits per heavy atom. The Labute approximate surface area is 124 Å². The van der Waals surface area contributed by atoms with Gasteiger partial charge in [-0.25, -0.2) is 0 Å². The summed E-state index contributed by atoms with van der Waals surface area (Å²) in [6.07, 6.45) is 0.891. The predicted octanol–water partition coefficient (Wildman–Crippen LogP) is 1.31. The molecule has 0 spiro atoms. The van der Waals surface area contributed by atoms with E-state index in [1.165, 1.54) is 0 Å². The van der Waals surface area contributed by atoms with Crippen LogP contribution in [0.5, 0.6) is 0 Å². The van der Waals surface area contributed by atoms with Crippen molar-refractivity contribution in [3.8, 4) is 0 Å². The third kappa shape index (κ3) is 3.59.